The van der Waals surface area contributed by atoms with E-state index in [-0.39, 0.29) is 18.3 Å². The number of halogens is 1. The minimum absolute atomic E-state index is 0.0227. The molecule has 3 N–H and O–H groups in total. The van der Waals surface area contributed by atoms with Gasteiger partial charge in [0.05, 0.1) is 5.54 Å². The van der Waals surface area contributed by atoms with Crippen LogP contribution >= 0.6 is 0 Å². The molecule has 1 aliphatic heterocycles. The Morgan fingerprint density at radius 1 is 1.21 bits per heavy atom. The van der Waals surface area contributed by atoms with Crippen molar-refractivity contribution in [3.8, 4) is 0 Å². The molecule has 2 rings (SSSR count). The molecule has 1 aromatic carbocycles. The van der Waals surface area contributed by atoms with E-state index in [0.29, 0.717) is 45.4 Å². The van der Waals surface area contributed by atoms with Crippen molar-refractivity contribution in [1.29, 1.82) is 0 Å². The molecule has 0 saturated carbocycles. The van der Waals surface area contributed by atoms with Gasteiger partial charge in [-0.15, -0.1) is 0 Å². The molecule has 24 heavy (non-hydrogen) atoms. The zero-order valence-electron chi connectivity index (χ0n) is 13.5. The van der Waals surface area contributed by atoms with Gasteiger partial charge in [0.25, 0.3) is 0 Å². The van der Waals surface area contributed by atoms with Crippen molar-refractivity contribution in [3.05, 3.63) is 35.6 Å². The van der Waals surface area contributed by atoms with Crippen LogP contribution in [0.2, 0.25) is 0 Å². The molecule has 0 aliphatic carbocycles. The van der Waals surface area contributed by atoms with Crippen LogP contribution in [0.1, 0.15) is 31.2 Å². The van der Waals surface area contributed by atoms with Gasteiger partial charge in [0, 0.05) is 26.2 Å². The zero-order chi connectivity index (χ0) is 17.4. The van der Waals surface area contributed by atoms with Crippen molar-refractivity contribution in [1.82, 2.24) is 10.6 Å². The number of hydrogen-bond donors (Lipinski definition) is 3. The van der Waals surface area contributed by atoms with E-state index in [0.717, 1.165) is 5.56 Å². The number of urea groups is 1. The number of nitrogens with one attached hydrogen (secondary N) is 2. The molecule has 132 valence electrons. The van der Waals surface area contributed by atoms with Gasteiger partial charge in [0.1, 0.15) is 5.82 Å². The molecule has 1 heterocycles. The third-order valence-electron chi connectivity index (χ3n) is 4.14. The summed E-state index contributed by atoms with van der Waals surface area (Å²) in [5.41, 5.74) is 0.511. The molecule has 7 heteroatoms. The lowest BCUT2D eigenvalue weighted by molar-refractivity contribution is -0.137. The summed E-state index contributed by atoms with van der Waals surface area (Å²) in [6.07, 6.45) is 2.35. The number of aliphatic carboxylic acids is 1. The number of rotatable bonds is 7. The van der Waals surface area contributed by atoms with E-state index in [1.165, 1.54) is 12.1 Å². The maximum absolute atomic E-state index is 13.1. The van der Waals surface area contributed by atoms with Crippen molar-refractivity contribution in [2.24, 2.45) is 0 Å². The summed E-state index contributed by atoms with van der Waals surface area (Å²) in [5.74, 6) is -1.17. The quantitative estimate of drug-likeness (QED) is 0.664. The highest BCUT2D eigenvalue weighted by molar-refractivity contribution is 5.75. The first-order chi connectivity index (χ1) is 11.5. The van der Waals surface area contributed by atoms with E-state index in [9.17, 15) is 14.0 Å². The van der Waals surface area contributed by atoms with Crippen molar-refractivity contribution in [3.63, 3.8) is 0 Å². The molecule has 0 bridgehead atoms. The Hall–Kier alpha value is -2.15. The van der Waals surface area contributed by atoms with Crippen LogP contribution in [0.15, 0.2) is 24.3 Å². The lowest BCUT2D eigenvalue weighted by atomic mass is 9.83. The van der Waals surface area contributed by atoms with Crippen LogP contribution in [-0.4, -0.2) is 42.4 Å². The number of benzene rings is 1. The molecule has 0 unspecified atom stereocenters. The standard InChI is InChI=1S/C17H23FN2O4/c18-14-5-3-13(4-6-14)12-17(7-10-24-11-8-17)20-16(23)19-9-1-2-15(21)22/h3-6H,1-2,7-12H2,(H,21,22)(H2,19,20,23). The molecule has 0 aromatic heterocycles. The van der Waals surface area contributed by atoms with E-state index >= 15 is 0 Å². The summed E-state index contributed by atoms with van der Waals surface area (Å²) >= 11 is 0. The van der Waals surface area contributed by atoms with Crippen molar-refractivity contribution >= 4 is 12.0 Å². The molecule has 0 spiro atoms. The summed E-state index contributed by atoms with van der Waals surface area (Å²) in [7, 11) is 0. The minimum Gasteiger partial charge on any atom is -0.481 e. The number of carbonyl (C=O) groups is 2. The second kappa shape index (κ2) is 8.63. The maximum Gasteiger partial charge on any atom is 0.315 e. The first-order valence-electron chi connectivity index (χ1n) is 8.09. The third-order valence-corrected chi connectivity index (χ3v) is 4.14. The smallest absolute Gasteiger partial charge is 0.315 e. The molecule has 6 nitrogen and oxygen atoms in total. The number of ether oxygens (including phenoxy) is 1. The van der Waals surface area contributed by atoms with Gasteiger partial charge in [-0.05, 0) is 43.4 Å². The molecule has 1 aromatic rings. The summed E-state index contributed by atoms with van der Waals surface area (Å²) in [5, 5.41) is 14.3. The Balaban J connectivity index is 1.92. The fraction of sp³-hybridized carbons (Fsp3) is 0.529. The van der Waals surface area contributed by atoms with E-state index < -0.39 is 11.5 Å². The third kappa shape index (κ3) is 5.81. The Labute approximate surface area is 140 Å². The largest absolute Gasteiger partial charge is 0.481 e. The first-order valence-corrected chi connectivity index (χ1v) is 8.09. The molecular weight excluding hydrogens is 315 g/mol. The van der Waals surface area contributed by atoms with Crippen LogP contribution in [0, 0.1) is 5.82 Å². The Kier molecular flexibility index (Phi) is 6.54. The molecule has 2 amide bonds. The summed E-state index contributed by atoms with van der Waals surface area (Å²) < 4.78 is 18.5. The van der Waals surface area contributed by atoms with E-state index in [2.05, 4.69) is 10.6 Å². The van der Waals surface area contributed by atoms with Crippen LogP contribution in [-0.2, 0) is 16.0 Å². The fourth-order valence-electron chi connectivity index (χ4n) is 2.83. The predicted molar refractivity (Wildman–Crippen MR) is 86.3 cm³/mol. The number of carboxylic acid groups (broad SMARTS) is 1. The van der Waals surface area contributed by atoms with Crippen LogP contribution < -0.4 is 10.6 Å². The number of carbonyl (C=O) groups excluding carboxylic acids is 1. The predicted octanol–water partition coefficient (Wildman–Crippen LogP) is 2.08. The fourth-order valence-corrected chi connectivity index (χ4v) is 2.83. The summed E-state index contributed by atoms with van der Waals surface area (Å²) in [4.78, 5) is 22.6. The normalized spacial score (nSPS) is 16.4. The summed E-state index contributed by atoms with van der Waals surface area (Å²) in [6.45, 7) is 1.42. The highest BCUT2D eigenvalue weighted by Gasteiger charge is 2.34. The van der Waals surface area contributed by atoms with Crippen molar-refractivity contribution < 1.29 is 23.8 Å². The second-order valence-corrected chi connectivity index (χ2v) is 6.07. The molecular formula is C17H23FN2O4. The summed E-state index contributed by atoms with van der Waals surface area (Å²) in [6, 6.07) is 5.95. The second-order valence-electron chi connectivity index (χ2n) is 6.07. The van der Waals surface area contributed by atoms with Gasteiger partial charge in [-0.3, -0.25) is 4.79 Å². The van der Waals surface area contributed by atoms with E-state index in [1.807, 2.05) is 0 Å². The highest BCUT2D eigenvalue weighted by Crippen LogP contribution is 2.25. The lowest BCUT2D eigenvalue weighted by Crippen LogP contribution is -2.56. The van der Waals surface area contributed by atoms with Gasteiger partial charge >= 0.3 is 12.0 Å². The Morgan fingerprint density at radius 2 is 1.88 bits per heavy atom. The Morgan fingerprint density at radius 3 is 2.50 bits per heavy atom. The van der Waals surface area contributed by atoms with Gasteiger partial charge in [-0.1, -0.05) is 12.1 Å². The van der Waals surface area contributed by atoms with Crippen LogP contribution in [0.4, 0.5) is 9.18 Å². The van der Waals surface area contributed by atoms with Gasteiger partial charge in [0.15, 0.2) is 0 Å². The van der Waals surface area contributed by atoms with Crippen molar-refractivity contribution in [2.45, 2.75) is 37.6 Å². The van der Waals surface area contributed by atoms with Gasteiger partial charge in [0.2, 0.25) is 0 Å². The number of amides is 2. The maximum atomic E-state index is 13.1. The molecule has 1 fully saturated rings. The van der Waals surface area contributed by atoms with Crippen LogP contribution in [0.3, 0.4) is 0 Å². The number of hydrogen-bond acceptors (Lipinski definition) is 3. The molecule has 1 saturated heterocycles. The molecule has 0 atom stereocenters. The monoisotopic (exact) mass is 338 g/mol. The van der Waals surface area contributed by atoms with E-state index in [1.54, 1.807) is 12.1 Å². The minimum atomic E-state index is -0.880. The Bertz CT molecular complexity index is 556. The molecule has 0 radical (unpaired) electrons. The first kappa shape index (κ1) is 18.2. The van der Waals surface area contributed by atoms with Gasteiger partial charge in [-0.2, -0.15) is 0 Å². The topological polar surface area (TPSA) is 87.7 Å². The molecule has 1 aliphatic rings. The van der Waals surface area contributed by atoms with Crippen LogP contribution in [0.25, 0.3) is 0 Å². The highest BCUT2D eigenvalue weighted by atomic mass is 19.1. The van der Waals surface area contributed by atoms with E-state index in [4.69, 9.17) is 9.84 Å². The van der Waals surface area contributed by atoms with Crippen molar-refractivity contribution in [2.75, 3.05) is 19.8 Å². The SMILES string of the molecule is O=C(O)CCCNC(=O)NC1(Cc2ccc(F)cc2)CCOCC1. The van der Waals surface area contributed by atoms with Gasteiger partial charge in [-0.25, -0.2) is 9.18 Å². The average Bonchev–Trinajstić information content (AvgIpc) is 2.54. The van der Waals surface area contributed by atoms with Gasteiger partial charge < -0.3 is 20.5 Å². The zero-order valence-corrected chi connectivity index (χ0v) is 13.5. The van der Waals surface area contributed by atoms with Crippen LogP contribution in [0.5, 0.6) is 0 Å². The lowest BCUT2D eigenvalue weighted by Gasteiger charge is -2.38. The number of carboxylic acids is 1. The average molecular weight is 338 g/mol.